The Morgan fingerprint density at radius 2 is 1.87 bits per heavy atom. The third-order valence-electron chi connectivity index (χ3n) is 6.88. The molecule has 1 aromatic heterocycles. The molecule has 3 aromatic carbocycles. The van der Waals surface area contributed by atoms with Crippen LogP contribution in [0.25, 0.3) is 0 Å². The molecule has 39 heavy (non-hydrogen) atoms. The maximum absolute atomic E-state index is 13.8. The number of ether oxygens (including phenoxy) is 2. The van der Waals surface area contributed by atoms with E-state index in [0.717, 1.165) is 27.9 Å². The topological polar surface area (TPSA) is 103 Å². The summed E-state index contributed by atoms with van der Waals surface area (Å²) >= 11 is 3.67. The Morgan fingerprint density at radius 3 is 2.62 bits per heavy atom. The molecule has 1 aliphatic rings. The van der Waals surface area contributed by atoms with E-state index in [1.807, 2.05) is 70.2 Å². The molecule has 2 N–H and O–H groups in total. The molecule has 200 valence electrons. The number of methoxy groups -OCH3 is 1. The number of carbonyl (C=O) groups is 1. The second-order valence-corrected chi connectivity index (χ2v) is 10.4. The number of carbonyl (C=O) groups excluding carboxylic acids is 1. The summed E-state index contributed by atoms with van der Waals surface area (Å²) in [6, 6.07) is 17.2. The van der Waals surface area contributed by atoms with Crippen LogP contribution in [-0.2, 0) is 11.4 Å². The van der Waals surface area contributed by atoms with E-state index < -0.39 is 6.04 Å². The van der Waals surface area contributed by atoms with Crippen molar-refractivity contribution in [1.82, 2.24) is 20.2 Å². The van der Waals surface area contributed by atoms with Crippen LogP contribution < -0.4 is 20.1 Å². The number of aryl methyl sites for hydroxylation is 2. The van der Waals surface area contributed by atoms with Crippen LogP contribution in [-0.4, -0.2) is 33.2 Å². The molecule has 10 heteroatoms. The van der Waals surface area contributed by atoms with Gasteiger partial charge in [-0.3, -0.25) is 4.79 Å². The van der Waals surface area contributed by atoms with Gasteiger partial charge in [-0.25, -0.2) is 0 Å². The van der Waals surface area contributed by atoms with E-state index in [2.05, 4.69) is 54.2 Å². The fourth-order valence-electron chi connectivity index (χ4n) is 4.57. The lowest BCUT2D eigenvalue weighted by atomic mass is 9.94. The van der Waals surface area contributed by atoms with Crippen LogP contribution >= 0.6 is 15.9 Å². The smallest absolute Gasteiger partial charge is 0.255 e. The van der Waals surface area contributed by atoms with Gasteiger partial charge in [0.1, 0.15) is 12.6 Å². The van der Waals surface area contributed by atoms with Gasteiger partial charge in [0, 0.05) is 11.4 Å². The Morgan fingerprint density at radius 1 is 1.10 bits per heavy atom. The van der Waals surface area contributed by atoms with Crippen molar-refractivity contribution in [2.75, 3.05) is 17.7 Å². The predicted molar refractivity (Wildman–Crippen MR) is 153 cm³/mol. The molecule has 0 saturated carbocycles. The number of benzene rings is 3. The standard InChI is InChI=1S/C29H29BrN6O3/c1-16-9-11-20(12-10-16)15-39-27-22(30)13-21(14-24(27)38-5)26-25(19(4)31-29-33-34-35-36(26)29)28(37)32-23-8-6-7-17(2)18(23)3/h6-14,26H,15H2,1-5H3,(H,32,37)(H,31,33,35). The minimum atomic E-state index is -0.613. The predicted octanol–water partition coefficient (Wildman–Crippen LogP) is 5.88. The quantitative estimate of drug-likeness (QED) is 0.278. The lowest BCUT2D eigenvalue weighted by Crippen LogP contribution is -2.31. The van der Waals surface area contributed by atoms with Gasteiger partial charge in [0.2, 0.25) is 5.95 Å². The number of hydrogen-bond acceptors (Lipinski definition) is 7. The second-order valence-electron chi connectivity index (χ2n) is 9.52. The van der Waals surface area contributed by atoms with Gasteiger partial charge in [0.05, 0.1) is 17.2 Å². The number of hydrogen-bond donors (Lipinski definition) is 2. The fourth-order valence-corrected chi connectivity index (χ4v) is 5.14. The lowest BCUT2D eigenvalue weighted by Gasteiger charge is -2.29. The van der Waals surface area contributed by atoms with Crippen LogP contribution in [0, 0.1) is 20.8 Å². The van der Waals surface area contributed by atoms with Crippen molar-refractivity contribution in [1.29, 1.82) is 0 Å². The molecular weight excluding hydrogens is 560 g/mol. The number of halogens is 1. The van der Waals surface area contributed by atoms with Crippen molar-refractivity contribution in [3.8, 4) is 11.5 Å². The summed E-state index contributed by atoms with van der Waals surface area (Å²) in [5.41, 5.74) is 6.97. The SMILES string of the molecule is COc1cc(C2C(C(=O)Nc3cccc(C)c3C)=C(C)Nc3nnnn32)cc(Br)c1OCc1ccc(C)cc1. The number of fused-ring (bicyclic) bond motifs is 1. The van der Waals surface area contributed by atoms with Gasteiger partial charge in [-0.05, 0) is 94.5 Å². The highest BCUT2D eigenvalue weighted by atomic mass is 79.9. The molecule has 0 spiro atoms. The van der Waals surface area contributed by atoms with E-state index in [1.165, 1.54) is 5.56 Å². The number of nitrogens with one attached hydrogen (secondary N) is 2. The first-order valence-electron chi connectivity index (χ1n) is 12.5. The first kappa shape index (κ1) is 26.4. The van der Waals surface area contributed by atoms with Gasteiger partial charge in [0.25, 0.3) is 5.91 Å². The zero-order valence-electron chi connectivity index (χ0n) is 22.4. The second kappa shape index (κ2) is 10.9. The Labute approximate surface area is 235 Å². The summed E-state index contributed by atoms with van der Waals surface area (Å²) in [6.07, 6.45) is 0. The van der Waals surface area contributed by atoms with E-state index in [4.69, 9.17) is 9.47 Å². The van der Waals surface area contributed by atoms with Crippen molar-refractivity contribution >= 4 is 33.5 Å². The largest absolute Gasteiger partial charge is 0.493 e. The highest BCUT2D eigenvalue weighted by Gasteiger charge is 2.35. The maximum Gasteiger partial charge on any atom is 0.255 e. The van der Waals surface area contributed by atoms with Crippen LogP contribution in [0.5, 0.6) is 11.5 Å². The molecule has 0 fully saturated rings. The molecule has 1 amide bonds. The summed E-state index contributed by atoms with van der Waals surface area (Å²) in [7, 11) is 1.59. The van der Waals surface area contributed by atoms with Crippen molar-refractivity contribution in [2.45, 2.75) is 40.3 Å². The van der Waals surface area contributed by atoms with Gasteiger partial charge >= 0.3 is 0 Å². The molecule has 0 bridgehead atoms. The number of amides is 1. The Kier molecular flexibility index (Phi) is 7.38. The minimum absolute atomic E-state index is 0.255. The van der Waals surface area contributed by atoms with Gasteiger partial charge in [0.15, 0.2) is 11.5 Å². The number of rotatable bonds is 7. The number of tetrazole rings is 1. The van der Waals surface area contributed by atoms with Crippen LogP contribution in [0.4, 0.5) is 11.6 Å². The van der Waals surface area contributed by atoms with Crippen LogP contribution in [0.3, 0.4) is 0 Å². The van der Waals surface area contributed by atoms with E-state index in [0.29, 0.717) is 39.8 Å². The molecule has 0 saturated heterocycles. The van der Waals surface area contributed by atoms with Gasteiger partial charge < -0.3 is 20.1 Å². The van der Waals surface area contributed by atoms with Crippen molar-refractivity contribution in [3.05, 3.63) is 98.2 Å². The Bertz CT molecular complexity index is 1580. The Hall–Kier alpha value is -4.18. The summed E-state index contributed by atoms with van der Waals surface area (Å²) in [4.78, 5) is 13.8. The number of nitrogens with zero attached hydrogens (tertiary/aromatic N) is 4. The minimum Gasteiger partial charge on any atom is -0.493 e. The van der Waals surface area contributed by atoms with E-state index in [1.54, 1.807) is 11.8 Å². The highest BCUT2D eigenvalue weighted by molar-refractivity contribution is 9.10. The van der Waals surface area contributed by atoms with Crippen molar-refractivity contribution in [2.24, 2.45) is 0 Å². The number of aromatic nitrogens is 4. The first-order chi connectivity index (χ1) is 18.8. The third kappa shape index (κ3) is 5.24. The maximum atomic E-state index is 13.8. The molecule has 1 atom stereocenters. The zero-order chi connectivity index (χ0) is 27.7. The number of anilines is 2. The average Bonchev–Trinajstić information content (AvgIpc) is 3.38. The van der Waals surface area contributed by atoms with E-state index >= 15 is 0 Å². The van der Waals surface area contributed by atoms with Gasteiger partial charge in [-0.2, -0.15) is 4.68 Å². The van der Waals surface area contributed by atoms with Crippen LogP contribution in [0.1, 0.15) is 40.8 Å². The molecule has 9 nitrogen and oxygen atoms in total. The molecular formula is C29H29BrN6O3. The molecule has 1 aliphatic heterocycles. The molecule has 0 radical (unpaired) electrons. The molecule has 1 unspecified atom stereocenters. The molecule has 4 aromatic rings. The molecule has 0 aliphatic carbocycles. The number of allylic oxidation sites excluding steroid dienone is 1. The fraction of sp³-hybridized carbons (Fsp3) is 0.241. The first-order valence-corrected chi connectivity index (χ1v) is 13.2. The zero-order valence-corrected chi connectivity index (χ0v) is 24.0. The van der Waals surface area contributed by atoms with Gasteiger partial charge in [-0.1, -0.05) is 47.1 Å². The average molecular weight is 589 g/mol. The molecule has 5 rings (SSSR count). The van der Waals surface area contributed by atoms with Crippen LogP contribution in [0.15, 0.2) is 70.3 Å². The summed E-state index contributed by atoms with van der Waals surface area (Å²) in [6.45, 7) is 8.27. The van der Waals surface area contributed by atoms with E-state index in [-0.39, 0.29) is 5.91 Å². The highest BCUT2D eigenvalue weighted by Crippen LogP contribution is 2.43. The molecule has 2 heterocycles. The monoisotopic (exact) mass is 588 g/mol. The summed E-state index contributed by atoms with van der Waals surface area (Å²) in [5.74, 6) is 1.27. The van der Waals surface area contributed by atoms with E-state index in [9.17, 15) is 4.79 Å². The summed E-state index contributed by atoms with van der Waals surface area (Å²) < 4.78 is 14.2. The van der Waals surface area contributed by atoms with Crippen molar-refractivity contribution in [3.63, 3.8) is 0 Å². The lowest BCUT2D eigenvalue weighted by molar-refractivity contribution is -0.113. The normalized spacial score (nSPS) is 14.5. The van der Waals surface area contributed by atoms with Gasteiger partial charge in [-0.15, -0.1) is 0 Å². The van der Waals surface area contributed by atoms with Crippen LogP contribution in [0.2, 0.25) is 0 Å². The van der Waals surface area contributed by atoms with Crippen molar-refractivity contribution < 1.29 is 14.3 Å². The third-order valence-corrected chi connectivity index (χ3v) is 7.47. The summed E-state index contributed by atoms with van der Waals surface area (Å²) in [5, 5.41) is 18.4. The Balaban J connectivity index is 1.52.